The van der Waals surface area contributed by atoms with Gasteiger partial charge in [-0.3, -0.25) is 0 Å². The zero-order valence-electron chi connectivity index (χ0n) is 9.70. The Kier molecular flexibility index (Phi) is 3.35. The Morgan fingerprint density at radius 3 is 2.26 bits per heavy atom. The van der Waals surface area contributed by atoms with Crippen molar-refractivity contribution in [3.63, 3.8) is 0 Å². The molecule has 2 aromatic carbocycles. The van der Waals surface area contributed by atoms with E-state index in [1.807, 2.05) is 6.07 Å². The molecule has 2 rings (SSSR count). The molecule has 2 N–H and O–H groups in total. The van der Waals surface area contributed by atoms with Crippen LogP contribution in [0.4, 0.5) is 0 Å². The maximum Gasteiger partial charge on any atom is 0.335 e. The molecule has 0 spiro atoms. The van der Waals surface area contributed by atoms with Crippen molar-refractivity contribution in [1.29, 1.82) is 5.26 Å². The fourth-order valence-corrected chi connectivity index (χ4v) is 1.47. The number of phenolic OH excluding ortho intramolecular Hbond substituents is 1. The van der Waals surface area contributed by atoms with Gasteiger partial charge in [-0.2, -0.15) is 5.26 Å². The molecule has 0 heterocycles. The van der Waals surface area contributed by atoms with Crippen LogP contribution in [0.25, 0.3) is 0 Å². The van der Waals surface area contributed by atoms with Gasteiger partial charge >= 0.3 is 5.97 Å². The molecule has 0 atom stereocenters. The summed E-state index contributed by atoms with van der Waals surface area (Å²) in [7, 11) is 0. The third-order valence-corrected chi connectivity index (χ3v) is 2.43. The van der Waals surface area contributed by atoms with E-state index in [1.165, 1.54) is 36.4 Å². The Balaban J connectivity index is 2.19. The monoisotopic (exact) mass is 255 g/mol. The number of hydrogen-bond donors (Lipinski definition) is 2. The maximum absolute atomic E-state index is 10.7. The summed E-state index contributed by atoms with van der Waals surface area (Å²) < 4.78 is 5.43. The van der Waals surface area contributed by atoms with Crippen LogP contribution >= 0.6 is 0 Å². The third-order valence-electron chi connectivity index (χ3n) is 2.43. The topological polar surface area (TPSA) is 90.5 Å². The fraction of sp³-hybridized carbons (Fsp3) is 0. The smallest absolute Gasteiger partial charge is 0.335 e. The van der Waals surface area contributed by atoms with Gasteiger partial charge in [0.05, 0.1) is 11.1 Å². The third kappa shape index (κ3) is 2.82. The number of benzene rings is 2. The first-order chi connectivity index (χ1) is 9.10. The maximum atomic E-state index is 10.7. The summed E-state index contributed by atoms with van der Waals surface area (Å²) >= 11 is 0. The zero-order valence-corrected chi connectivity index (χ0v) is 9.70. The van der Waals surface area contributed by atoms with Crippen molar-refractivity contribution >= 4 is 5.97 Å². The lowest BCUT2D eigenvalue weighted by atomic mass is 10.2. The van der Waals surface area contributed by atoms with Gasteiger partial charge in [0.15, 0.2) is 0 Å². The molecule has 2 aromatic rings. The van der Waals surface area contributed by atoms with Crippen molar-refractivity contribution in [2.45, 2.75) is 0 Å². The summed E-state index contributed by atoms with van der Waals surface area (Å²) in [4.78, 5) is 10.7. The first-order valence-electron chi connectivity index (χ1n) is 5.34. The highest BCUT2D eigenvalue weighted by molar-refractivity contribution is 5.87. The quantitative estimate of drug-likeness (QED) is 0.879. The summed E-state index contributed by atoms with van der Waals surface area (Å²) in [6.07, 6.45) is 0. The number of aromatic hydroxyl groups is 1. The van der Waals surface area contributed by atoms with E-state index >= 15 is 0 Å². The van der Waals surface area contributed by atoms with Gasteiger partial charge in [-0.05, 0) is 36.4 Å². The van der Waals surface area contributed by atoms with Crippen molar-refractivity contribution in [2.75, 3.05) is 0 Å². The Morgan fingerprint density at radius 2 is 1.74 bits per heavy atom. The van der Waals surface area contributed by atoms with Crippen LogP contribution in [0.5, 0.6) is 17.2 Å². The van der Waals surface area contributed by atoms with Gasteiger partial charge in [-0.15, -0.1) is 0 Å². The molecule has 0 fully saturated rings. The number of aromatic carboxylic acids is 1. The summed E-state index contributed by atoms with van der Waals surface area (Å²) in [5.41, 5.74) is 0.323. The summed E-state index contributed by atoms with van der Waals surface area (Å²) in [6, 6.07) is 12.0. The van der Waals surface area contributed by atoms with Crippen LogP contribution < -0.4 is 4.74 Å². The van der Waals surface area contributed by atoms with Crippen molar-refractivity contribution in [3.8, 4) is 23.3 Å². The largest absolute Gasteiger partial charge is 0.506 e. The molecular formula is C14H9NO4. The van der Waals surface area contributed by atoms with Crippen molar-refractivity contribution in [3.05, 3.63) is 53.6 Å². The van der Waals surface area contributed by atoms with Crippen LogP contribution in [0.15, 0.2) is 42.5 Å². The molecule has 0 amide bonds. The standard InChI is InChI=1S/C14H9NO4/c15-8-10-3-6-12(7-13(10)16)19-11-4-1-9(2-5-11)14(17)18/h1-7,16H,(H,17,18). The number of carboxylic acids is 1. The van der Waals surface area contributed by atoms with Crippen LogP contribution in [0.1, 0.15) is 15.9 Å². The van der Waals surface area contributed by atoms with Crippen LogP contribution in [-0.2, 0) is 0 Å². The molecule has 19 heavy (non-hydrogen) atoms. The summed E-state index contributed by atoms with van der Waals surface area (Å²) in [5, 5.41) is 26.9. The van der Waals surface area contributed by atoms with Crippen LogP contribution in [0.3, 0.4) is 0 Å². The molecule has 5 heteroatoms. The number of nitrogens with zero attached hydrogens (tertiary/aromatic N) is 1. The van der Waals surface area contributed by atoms with E-state index in [4.69, 9.17) is 15.1 Å². The minimum Gasteiger partial charge on any atom is -0.506 e. The molecular weight excluding hydrogens is 246 g/mol. The van der Waals surface area contributed by atoms with Crippen molar-refractivity contribution < 1.29 is 19.7 Å². The van der Waals surface area contributed by atoms with Crippen molar-refractivity contribution in [2.24, 2.45) is 0 Å². The van der Waals surface area contributed by atoms with Gasteiger partial charge in [0.2, 0.25) is 0 Å². The Hall–Kier alpha value is -3.00. The lowest BCUT2D eigenvalue weighted by Gasteiger charge is -2.06. The molecule has 5 nitrogen and oxygen atoms in total. The molecule has 0 aromatic heterocycles. The van der Waals surface area contributed by atoms with E-state index < -0.39 is 5.97 Å². The lowest BCUT2D eigenvalue weighted by molar-refractivity contribution is 0.0697. The molecule has 0 unspecified atom stereocenters. The molecule has 0 radical (unpaired) electrons. The van der Waals surface area contributed by atoms with Crippen LogP contribution in [-0.4, -0.2) is 16.2 Å². The molecule has 0 bridgehead atoms. The summed E-state index contributed by atoms with van der Waals surface area (Å²) in [5.74, 6) is -0.376. The highest BCUT2D eigenvalue weighted by atomic mass is 16.5. The Bertz CT molecular complexity index is 656. The number of phenols is 1. The first kappa shape index (κ1) is 12.5. The van der Waals surface area contributed by atoms with E-state index in [0.29, 0.717) is 11.5 Å². The fourth-order valence-electron chi connectivity index (χ4n) is 1.47. The van der Waals surface area contributed by atoms with Crippen LogP contribution in [0, 0.1) is 11.3 Å². The molecule has 0 saturated heterocycles. The molecule has 0 aliphatic carbocycles. The predicted octanol–water partition coefficient (Wildman–Crippen LogP) is 2.75. The molecule has 0 aliphatic heterocycles. The van der Waals surface area contributed by atoms with E-state index in [-0.39, 0.29) is 16.9 Å². The second-order valence-electron chi connectivity index (χ2n) is 3.72. The van der Waals surface area contributed by atoms with E-state index in [1.54, 1.807) is 6.07 Å². The summed E-state index contributed by atoms with van der Waals surface area (Å²) in [6.45, 7) is 0. The van der Waals surface area contributed by atoms with Crippen molar-refractivity contribution in [1.82, 2.24) is 0 Å². The van der Waals surface area contributed by atoms with Gasteiger partial charge in [-0.1, -0.05) is 0 Å². The van der Waals surface area contributed by atoms with Gasteiger partial charge in [-0.25, -0.2) is 4.79 Å². The van der Waals surface area contributed by atoms with Gasteiger partial charge in [0.25, 0.3) is 0 Å². The number of nitriles is 1. The molecule has 94 valence electrons. The lowest BCUT2D eigenvalue weighted by Crippen LogP contribution is -1.95. The minimum atomic E-state index is -1.01. The second-order valence-corrected chi connectivity index (χ2v) is 3.72. The van der Waals surface area contributed by atoms with E-state index in [9.17, 15) is 9.90 Å². The van der Waals surface area contributed by atoms with E-state index in [0.717, 1.165) is 0 Å². The minimum absolute atomic E-state index is 0.161. The SMILES string of the molecule is N#Cc1ccc(Oc2ccc(C(=O)O)cc2)cc1O. The Labute approximate surface area is 108 Å². The second kappa shape index (κ2) is 5.10. The average Bonchev–Trinajstić information content (AvgIpc) is 2.39. The number of carbonyl (C=O) groups is 1. The zero-order chi connectivity index (χ0) is 13.8. The molecule has 0 aliphatic rings. The number of hydrogen-bond acceptors (Lipinski definition) is 4. The number of carboxylic acid groups (broad SMARTS) is 1. The normalized spacial score (nSPS) is 9.63. The highest BCUT2D eigenvalue weighted by Gasteiger charge is 2.05. The first-order valence-corrected chi connectivity index (χ1v) is 5.34. The van der Waals surface area contributed by atoms with E-state index in [2.05, 4.69) is 0 Å². The Morgan fingerprint density at radius 1 is 1.11 bits per heavy atom. The number of ether oxygens (including phenoxy) is 1. The average molecular weight is 255 g/mol. The predicted molar refractivity (Wildman–Crippen MR) is 66.3 cm³/mol. The van der Waals surface area contributed by atoms with Gasteiger partial charge < -0.3 is 14.9 Å². The number of rotatable bonds is 3. The molecule has 0 saturated carbocycles. The van der Waals surface area contributed by atoms with Gasteiger partial charge in [0.1, 0.15) is 23.3 Å². The van der Waals surface area contributed by atoms with Crippen LogP contribution in [0.2, 0.25) is 0 Å². The van der Waals surface area contributed by atoms with Gasteiger partial charge in [0, 0.05) is 6.07 Å². The highest BCUT2D eigenvalue weighted by Crippen LogP contribution is 2.27.